The molecule has 1 fully saturated rings. The van der Waals surface area contributed by atoms with E-state index < -0.39 is 5.41 Å². The van der Waals surface area contributed by atoms with Crippen LogP contribution in [0.1, 0.15) is 75.5 Å². The molecule has 1 aromatic heterocycles. The van der Waals surface area contributed by atoms with Gasteiger partial charge in [-0.3, -0.25) is 4.79 Å². The zero-order chi connectivity index (χ0) is 25.1. The highest BCUT2D eigenvalue weighted by Crippen LogP contribution is 2.65. The first-order valence-corrected chi connectivity index (χ1v) is 13.1. The number of esters is 1. The number of ether oxygens (including phenoxy) is 1. The first-order chi connectivity index (χ1) is 16.6. The van der Waals surface area contributed by atoms with Gasteiger partial charge in [0.05, 0.1) is 18.2 Å². The predicted octanol–water partition coefficient (Wildman–Crippen LogP) is 6.71. The van der Waals surface area contributed by atoms with Crippen LogP contribution in [0.4, 0.5) is 0 Å². The molecule has 5 rings (SSSR count). The van der Waals surface area contributed by atoms with Gasteiger partial charge >= 0.3 is 5.97 Å². The Kier molecular flexibility index (Phi) is 5.87. The summed E-state index contributed by atoms with van der Waals surface area (Å²) in [5.41, 5.74) is 7.34. The molecule has 0 saturated heterocycles. The van der Waals surface area contributed by atoms with Crippen molar-refractivity contribution >= 4 is 16.9 Å². The number of rotatable bonds is 5. The molecule has 0 aliphatic heterocycles. The van der Waals surface area contributed by atoms with Gasteiger partial charge in [-0.15, -0.1) is 0 Å². The van der Waals surface area contributed by atoms with Gasteiger partial charge in [0.25, 0.3) is 0 Å². The van der Waals surface area contributed by atoms with Gasteiger partial charge in [0.2, 0.25) is 0 Å². The second-order valence-corrected chi connectivity index (χ2v) is 11.8. The van der Waals surface area contributed by atoms with Crippen molar-refractivity contribution in [2.24, 2.45) is 5.41 Å². The Morgan fingerprint density at radius 3 is 2.57 bits per heavy atom. The van der Waals surface area contributed by atoms with Crippen molar-refractivity contribution in [1.29, 1.82) is 0 Å². The summed E-state index contributed by atoms with van der Waals surface area (Å²) in [5, 5.41) is 1.29. The number of hydrogen-bond acceptors (Lipinski definition) is 3. The summed E-state index contributed by atoms with van der Waals surface area (Å²) in [4.78, 5) is 15.7. The standard InChI is InChI=1S/C31H40N2O2/c1-20(2)21-13-14-24-23(19-21)27-26(22-11-8-9-12-25(22)33(27)18-17-32(5)6)28-30(24,3)15-10-16-31(28,4)29(34)35-7/h8-9,11-14,19-20,28H,10,15-18H2,1-7H3/t28?,30-,31-/m1/s1. The van der Waals surface area contributed by atoms with Crippen molar-refractivity contribution < 1.29 is 9.53 Å². The van der Waals surface area contributed by atoms with Crippen LogP contribution in [0.25, 0.3) is 22.2 Å². The number of carbonyl (C=O) groups is 1. The third-order valence-electron chi connectivity index (χ3n) is 8.97. The van der Waals surface area contributed by atoms with Crippen LogP contribution in [-0.2, 0) is 21.5 Å². The molecule has 1 saturated carbocycles. The minimum absolute atomic E-state index is 0.0640. The van der Waals surface area contributed by atoms with E-state index in [1.807, 2.05) is 0 Å². The number of hydrogen-bond donors (Lipinski definition) is 0. The van der Waals surface area contributed by atoms with Gasteiger partial charge in [-0.25, -0.2) is 0 Å². The van der Waals surface area contributed by atoms with E-state index in [1.54, 1.807) is 7.11 Å². The van der Waals surface area contributed by atoms with Gasteiger partial charge < -0.3 is 14.2 Å². The summed E-state index contributed by atoms with van der Waals surface area (Å²) in [6, 6.07) is 15.9. The molecule has 186 valence electrons. The number of para-hydroxylation sites is 1. The highest BCUT2D eigenvalue weighted by atomic mass is 16.5. The third-order valence-corrected chi connectivity index (χ3v) is 8.97. The monoisotopic (exact) mass is 472 g/mol. The summed E-state index contributed by atoms with van der Waals surface area (Å²) >= 11 is 0. The maximum atomic E-state index is 13.5. The fourth-order valence-electron chi connectivity index (χ4n) is 7.26. The van der Waals surface area contributed by atoms with Crippen LogP contribution in [0.3, 0.4) is 0 Å². The van der Waals surface area contributed by atoms with Crippen LogP contribution >= 0.6 is 0 Å². The van der Waals surface area contributed by atoms with Crippen molar-refractivity contribution in [2.45, 2.75) is 70.8 Å². The van der Waals surface area contributed by atoms with Crippen LogP contribution in [0, 0.1) is 5.41 Å². The Bertz CT molecular complexity index is 1290. The number of carbonyl (C=O) groups excluding carboxylic acids is 1. The summed E-state index contributed by atoms with van der Waals surface area (Å²) in [6.45, 7) is 11.0. The highest BCUT2D eigenvalue weighted by Gasteiger charge is 2.58. The first-order valence-electron chi connectivity index (χ1n) is 13.1. The maximum absolute atomic E-state index is 13.5. The van der Waals surface area contributed by atoms with Gasteiger partial charge in [0.1, 0.15) is 0 Å². The molecule has 0 bridgehead atoms. The van der Waals surface area contributed by atoms with Crippen molar-refractivity contribution in [2.75, 3.05) is 27.7 Å². The lowest BCUT2D eigenvalue weighted by atomic mass is 9.49. The largest absolute Gasteiger partial charge is 0.469 e. The lowest BCUT2D eigenvalue weighted by molar-refractivity contribution is -0.157. The number of aromatic nitrogens is 1. The van der Waals surface area contributed by atoms with Crippen LogP contribution in [-0.4, -0.2) is 43.2 Å². The van der Waals surface area contributed by atoms with E-state index in [9.17, 15) is 4.79 Å². The Labute approximate surface area is 210 Å². The van der Waals surface area contributed by atoms with Crippen molar-refractivity contribution in [3.63, 3.8) is 0 Å². The van der Waals surface area contributed by atoms with E-state index in [4.69, 9.17) is 4.74 Å². The fraction of sp³-hybridized carbons (Fsp3) is 0.516. The molecular formula is C31H40N2O2. The zero-order valence-corrected chi connectivity index (χ0v) is 22.4. The molecule has 2 aliphatic carbocycles. The Morgan fingerprint density at radius 2 is 1.89 bits per heavy atom. The van der Waals surface area contributed by atoms with Crippen molar-refractivity contribution in [1.82, 2.24) is 9.47 Å². The Hall–Kier alpha value is -2.59. The molecule has 1 unspecified atom stereocenters. The molecule has 35 heavy (non-hydrogen) atoms. The minimum Gasteiger partial charge on any atom is -0.469 e. The Balaban J connectivity index is 1.91. The zero-order valence-electron chi connectivity index (χ0n) is 22.4. The van der Waals surface area contributed by atoms with Crippen LogP contribution in [0.2, 0.25) is 0 Å². The van der Waals surface area contributed by atoms with Gasteiger partial charge in [-0.05, 0) is 68.6 Å². The third kappa shape index (κ3) is 3.48. The summed E-state index contributed by atoms with van der Waals surface area (Å²) in [5.74, 6) is 0.446. The molecule has 1 heterocycles. The van der Waals surface area contributed by atoms with Crippen molar-refractivity contribution in [3.8, 4) is 11.3 Å². The molecular weight excluding hydrogens is 432 g/mol. The SMILES string of the molecule is COC(=O)[C@]1(C)CCC[C@]2(C)c3ccc(C(C)C)cc3-c3c(c4ccccc4n3CCN(C)C)C12. The second kappa shape index (κ2) is 8.51. The summed E-state index contributed by atoms with van der Waals surface area (Å²) in [6.07, 6.45) is 2.96. The maximum Gasteiger partial charge on any atom is 0.312 e. The molecule has 0 spiro atoms. The molecule has 0 radical (unpaired) electrons. The van der Waals surface area contributed by atoms with E-state index in [0.29, 0.717) is 5.92 Å². The number of likely N-dealkylation sites (N-methyl/N-ethyl adjacent to an activating group) is 1. The van der Waals surface area contributed by atoms with Gasteiger partial charge in [-0.1, -0.05) is 57.5 Å². The van der Waals surface area contributed by atoms with E-state index in [2.05, 4.69) is 93.7 Å². The van der Waals surface area contributed by atoms with E-state index in [-0.39, 0.29) is 17.3 Å². The van der Waals surface area contributed by atoms with Gasteiger partial charge in [0.15, 0.2) is 0 Å². The average molecular weight is 473 g/mol. The lowest BCUT2D eigenvalue weighted by Gasteiger charge is -2.54. The number of nitrogens with zero attached hydrogens (tertiary/aromatic N) is 2. The number of benzene rings is 2. The van der Waals surface area contributed by atoms with Gasteiger partial charge in [-0.2, -0.15) is 0 Å². The van der Waals surface area contributed by atoms with Crippen LogP contribution in [0.5, 0.6) is 0 Å². The first kappa shape index (κ1) is 24.1. The summed E-state index contributed by atoms with van der Waals surface area (Å²) in [7, 11) is 5.82. The topological polar surface area (TPSA) is 34.5 Å². The van der Waals surface area contributed by atoms with Crippen molar-refractivity contribution in [3.05, 3.63) is 59.2 Å². The predicted molar refractivity (Wildman–Crippen MR) is 144 cm³/mol. The fourth-order valence-corrected chi connectivity index (χ4v) is 7.26. The molecule has 3 atom stereocenters. The highest BCUT2D eigenvalue weighted by molar-refractivity contribution is 5.96. The number of fused-ring (bicyclic) bond motifs is 8. The molecule has 2 aliphatic rings. The normalized spacial score (nSPS) is 25.5. The van der Waals surface area contributed by atoms with E-state index in [1.165, 1.54) is 38.9 Å². The molecule has 4 heteroatoms. The van der Waals surface area contributed by atoms with E-state index >= 15 is 0 Å². The van der Waals surface area contributed by atoms with E-state index in [0.717, 1.165) is 32.4 Å². The second-order valence-electron chi connectivity index (χ2n) is 11.8. The molecule has 0 amide bonds. The summed E-state index contributed by atoms with van der Waals surface area (Å²) < 4.78 is 8.01. The average Bonchev–Trinajstić information content (AvgIpc) is 3.15. The van der Waals surface area contributed by atoms with Gasteiger partial charge in [0, 0.05) is 40.9 Å². The quantitative estimate of drug-likeness (QED) is 0.387. The molecule has 2 aromatic carbocycles. The van der Waals surface area contributed by atoms with Crippen LogP contribution in [0.15, 0.2) is 42.5 Å². The lowest BCUT2D eigenvalue weighted by Crippen LogP contribution is -2.50. The smallest absolute Gasteiger partial charge is 0.312 e. The molecule has 3 aromatic rings. The van der Waals surface area contributed by atoms with Crippen LogP contribution < -0.4 is 0 Å². The molecule has 4 nitrogen and oxygen atoms in total. The molecule has 0 N–H and O–H groups in total. The Morgan fingerprint density at radius 1 is 1.14 bits per heavy atom. The number of methoxy groups -OCH3 is 1. The minimum atomic E-state index is -0.568.